The van der Waals surface area contributed by atoms with Crippen molar-refractivity contribution < 1.29 is 8.78 Å². The summed E-state index contributed by atoms with van der Waals surface area (Å²) in [6, 6.07) is 8.46. The number of benzene rings is 2. The predicted molar refractivity (Wildman–Crippen MR) is 80.3 cm³/mol. The van der Waals surface area contributed by atoms with E-state index in [9.17, 15) is 8.78 Å². The van der Waals surface area contributed by atoms with Gasteiger partial charge in [-0.25, -0.2) is 13.8 Å². The van der Waals surface area contributed by atoms with Crippen LogP contribution in [0.5, 0.6) is 0 Å². The maximum atomic E-state index is 14.2. The van der Waals surface area contributed by atoms with Gasteiger partial charge in [0.05, 0.1) is 21.4 Å². The van der Waals surface area contributed by atoms with Crippen molar-refractivity contribution in [3.8, 4) is 5.69 Å². The first-order chi connectivity index (χ1) is 9.99. The van der Waals surface area contributed by atoms with Gasteiger partial charge in [0.15, 0.2) is 0 Å². The topological polar surface area (TPSA) is 17.8 Å². The SMILES string of the molecule is CC(Cl)c1nc2ccc(F)cc2n1-c1c(F)cccc1Cl. The molecule has 0 fully saturated rings. The molecule has 2 aromatic carbocycles. The lowest BCUT2D eigenvalue weighted by Gasteiger charge is -2.13. The highest BCUT2D eigenvalue weighted by Gasteiger charge is 2.21. The van der Waals surface area contributed by atoms with E-state index in [2.05, 4.69) is 4.98 Å². The van der Waals surface area contributed by atoms with Crippen LogP contribution >= 0.6 is 23.2 Å². The van der Waals surface area contributed by atoms with Crippen LogP contribution in [0, 0.1) is 11.6 Å². The van der Waals surface area contributed by atoms with Gasteiger partial charge in [0, 0.05) is 6.07 Å². The number of aromatic nitrogens is 2. The van der Waals surface area contributed by atoms with E-state index in [1.54, 1.807) is 13.0 Å². The molecule has 0 aliphatic carbocycles. The van der Waals surface area contributed by atoms with Crippen LogP contribution in [0.25, 0.3) is 16.7 Å². The fourth-order valence-electron chi connectivity index (χ4n) is 2.27. The lowest BCUT2D eigenvalue weighted by Crippen LogP contribution is -2.05. The molecular weight excluding hydrogens is 317 g/mol. The highest BCUT2D eigenvalue weighted by atomic mass is 35.5. The second kappa shape index (κ2) is 5.28. The maximum Gasteiger partial charge on any atom is 0.148 e. The third-order valence-electron chi connectivity index (χ3n) is 3.16. The Bertz CT molecular complexity index is 808. The first-order valence-corrected chi connectivity index (χ1v) is 7.07. The van der Waals surface area contributed by atoms with Crippen LogP contribution in [0.4, 0.5) is 8.78 Å². The number of rotatable bonds is 2. The number of alkyl halides is 1. The number of fused-ring (bicyclic) bond motifs is 1. The number of hydrogen-bond donors (Lipinski definition) is 0. The van der Waals surface area contributed by atoms with Gasteiger partial charge in [0.25, 0.3) is 0 Å². The fourth-order valence-corrected chi connectivity index (χ4v) is 2.67. The molecular formula is C15H10Cl2F2N2. The Balaban J connectivity index is 2.44. The Morgan fingerprint density at radius 3 is 2.62 bits per heavy atom. The van der Waals surface area contributed by atoms with E-state index in [1.165, 1.54) is 34.9 Å². The molecule has 1 aromatic heterocycles. The van der Waals surface area contributed by atoms with Crippen LogP contribution in [0.2, 0.25) is 5.02 Å². The molecule has 0 saturated carbocycles. The van der Waals surface area contributed by atoms with Gasteiger partial charge in [-0.15, -0.1) is 11.6 Å². The second-order valence-electron chi connectivity index (χ2n) is 4.62. The number of halogens is 4. The molecule has 21 heavy (non-hydrogen) atoms. The summed E-state index contributed by atoms with van der Waals surface area (Å²) in [5.74, 6) is -0.557. The standard InChI is InChI=1S/C15H10Cl2F2N2/c1-8(16)15-20-12-6-5-9(18)7-13(12)21(15)14-10(17)3-2-4-11(14)19/h2-8H,1H3. The van der Waals surface area contributed by atoms with E-state index >= 15 is 0 Å². The highest BCUT2D eigenvalue weighted by molar-refractivity contribution is 6.32. The smallest absolute Gasteiger partial charge is 0.148 e. The van der Waals surface area contributed by atoms with Crippen LogP contribution in [0.3, 0.4) is 0 Å². The lowest BCUT2D eigenvalue weighted by atomic mass is 10.2. The van der Waals surface area contributed by atoms with Crippen LogP contribution in [-0.2, 0) is 0 Å². The summed E-state index contributed by atoms with van der Waals surface area (Å²) in [4.78, 5) is 4.35. The first-order valence-electron chi connectivity index (χ1n) is 6.25. The Hall–Kier alpha value is -1.65. The van der Waals surface area contributed by atoms with Gasteiger partial charge in [0.1, 0.15) is 23.1 Å². The summed E-state index contributed by atoms with van der Waals surface area (Å²) >= 11 is 12.2. The van der Waals surface area contributed by atoms with E-state index < -0.39 is 17.0 Å². The minimum atomic E-state index is -0.523. The van der Waals surface area contributed by atoms with Crippen LogP contribution in [0.1, 0.15) is 18.1 Å². The third-order valence-corrected chi connectivity index (χ3v) is 3.66. The fraction of sp³-hybridized carbons (Fsp3) is 0.133. The average molecular weight is 327 g/mol. The second-order valence-corrected chi connectivity index (χ2v) is 5.69. The van der Waals surface area contributed by atoms with Gasteiger partial charge < -0.3 is 0 Å². The number of para-hydroxylation sites is 1. The molecule has 0 bridgehead atoms. The summed E-state index contributed by atoms with van der Waals surface area (Å²) in [5.41, 5.74) is 1.07. The lowest BCUT2D eigenvalue weighted by molar-refractivity contribution is 0.615. The van der Waals surface area contributed by atoms with Crippen LogP contribution in [0.15, 0.2) is 36.4 Å². The quantitative estimate of drug-likeness (QED) is 0.587. The van der Waals surface area contributed by atoms with Gasteiger partial charge in [-0.2, -0.15) is 0 Å². The van der Waals surface area contributed by atoms with Gasteiger partial charge in [-0.1, -0.05) is 17.7 Å². The van der Waals surface area contributed by atoms with E-state index in [4.69, 9.17) is 23.2 Å². The van der Waals surface area contributed by atoms with Crippen LogP contribution < -0.4 is 0 Å². The zero-order valence-electron chi connectivity index (χ0n) is 10.9. The molecule has 1 atom stereocenters. The van der Waals surface area contributed by atoms with Crippen molar-refractivity contribution in [2.75, 3.05) is 0 Å². The van der Waals surface area contributed by atoms with Crippen molar-refractivity contribution >= 4 is 34.2 Å². The summed E-state index contributed by atoms with van der Waals surface area (Å²) < 4.78 is 29.2. The molecule has 108 valence electrons. The Labute approximate surface area is 129 Å². The molecule has 0 aliphatic rings. The highest BCUT2D eigenvalue weighted by Crippen LogP contribution is 2.33. The summed E-state index contributed by atoms with van der Waals surface area (Å²) in [7, 11) is 0. The number of nitrogens with zero attached hydrogens (tertiary/aromatic N) is 2. The van der Waals surface area contributed by atoms with Gasteiger partial charge in [0.2, 0.25) is 0 Å². The van der Waals surface area contributed by atoms with Crippen molar-refractivity contribution in [3.05, 3.63) is 58.9 Å². The Kier molecular flexibility index (Phi) is 3.59. The molecule has 1 unspecified atom stereocenters. The van der Waals surface area contributed by atoms with Crippen molar-refractivity contribution in [1.29, 1.82) is 0 Å². The van der Waals surface area contributed by atoms with E-state index in [0.29, 0.717) is 16.9 Å². The van der Waals surface area contributed by atoms with Crippen molar-refractivity contribution in [2.24, 2.45) is 0 Å². The molecule has 6 heteroatoms. The average Bonchev–Trinajstić information content (AvgIpc) is 2.78. The number of hydrogen-bond acceptors (Lipinski definition) is 1. The largest absolute Gasteiger partial charge is 0.291 e. The molecule has 0 radical (unpaired) electrons. The zero-order chi connectivity index (χ0) is 15.1. The molecule has 2 nitrogen and oxygen atoms in total. The summed E-state index contributed by atoms with van der Waals surface area (Å²) in [5, 5.41) is -0.284. The van der Waals surface area contributed by atoms with Gasteiger partial charge >= 0.3 is 0 Å². The zero-order valence-corrected chi connectivity index (χ0v) is 12.5. The Morgan fingerprint density at radius 1 is 1.19 bits per heavy atom. The molecule has 0 saturated heterocycles. The van der Waals surface area contributed by atoms with E-state index in [1.807, 2.05) is 0 Å². The Morgan fingerprint density at radius 2 is 1.95 bits per heavy atom. The number of imidazole rings is 1. The molecule has 3 aromatic rings. The van der Waals surface area contributed by atoms with Crippen molar-refractivity contribution in [2.45, 2.75) is 12.3 Å². The summed E-state index contributed by atoms with van der Waals surface area (Å²) in [6.45, 7) is 1.71. The molecule has 1 heterocycles. The minimum absolute atomic E-state index is 0.120. The predicted octanol–water partition coefficient (Wildman–Crippen LogP) is 5.26. The third kappa shape index (κ3) is 2.39. The molecule has 0 spiro atoms. The minimum Gasteiger partial charge on any atom is -0.291 e. The van der Waals surface area contributed by atoms with E-state index in [-0.39, 0.29) is 10.7 Å². The monoisotopic (exact) mass is 326 g/mol. The normalized spacial score (nSPS) is 12.8. The van der Waals surface area contributed by atoms with E-state index in [0.717, 1.165) is 0 Å². The molecule has 0 amide bonds. The van der Waals surface area contributed by atoms with Gasteiger partial charge in [-0.05, 0) is 31.2 Å². The van der Waals surface area contributed by atoms with Crippen molar-refractivity contribution in [3.63, 3.8) is 0 Å². The molecule has 0 aliphatic heterocycles. The summed E-state index contributed by atoms with van der Waals surface area (Å²) in [6.07, 6.45) is 0. The first kappa shape index (κ1) is 14.3. The molecule has 3 rings (SSSR count). The molecule has 0 N–H and O–H groups in total. The maximum absolute atomic E-state index is 14.2. The van der Waals surface area contributed by atoms with Gasteiger partial charge in [-0.3, -0.25) is 4.57 Å². The van der Waals surface area contributed by atoms with Crippen LogP contribution in [-0.4, -0.2) is 9.55 Å². The van der Waals surface area contributed by atoms with Crippen molar-refractivity contribution in [1.82, 2.24) is 9.55 Å².